The van der Waals surface area contributed by atoms with Gasteiger partial charge in [0.15, 0.2) is 12.2 Å². The second-order valence-corrected chi connectivity index (χ2v) is 3.44. The first-order valence-electron chi connectivity index (χ1n) is 4.59. The number of esters is 2. The third-order valence-electron chi connectivity index (χ3n) is 2.40. The molecule has 2 aliphatic rings. The van der Waals surface area contributed by atoms with Gasteiger partial charge in [0.25, 0.3) is 0 Å². The molecule has 2 saturated heterocycles. The molecule has 0 aromatic heterocycles. The van der Waals surface area contributed by atoms with E-state index in [2.05, 4.69) is 0 Å². The smallest absolute Gasteiger partial charge is 0.306 e. The molecule has 2 rings (SSSR count). The van der Waals surface area contributed by atoms with Gasteiger partial charge in [-0.1, -0.05) is 0 Å². The second kappa shape index (κ2) is 3.40. The van der Waals surface area contributed by atoms with Crippen molar-refractivity contribution in [2.24, 2.45) is 0 Å². The van der Waals surface area contributed by atoms with Crippen molar-refractivity contribution in [1.29, 1.82) is 0 Å². The summed E-state index contributed by atoms with van der Waals surface area (Å²) in [6.45, 7) is 0. The van der Waals surface area contributed by atoms with Crippen molar-refractivity contribution in [2.45, 2.75) is 37.9 Å². The maximum atomic E-state index is 11.6. The predicted molar refractivity (Wildman–Crippen MR) is 43.2 cm³/mol. The first-order valence-corrected chi connectivity index (χ1v) is 4.59. The highest BCUT2D eigenvalue weighted by Crippen LogP contribution is 2.22. The fourth-order valence-corrected chi connectivity index (χ4v) is 1.66. The first-order chi connectivity index (χ1) is 6.66. The number of Topliss-reactive ketones (excluding diaryl/α,β-unsaturated/α-hetero) is 1. The van der Waals surface area contributed by atoms with Crippen molar-refractivity contribution in [3.05, 3.63) is 0 Å². The number of rotatable bonds is 2. The highest BCUT2D eigenvalue weighted by Gasteiger charge is 2.38. The van der Waals surface area contributed by atoms with E-state index < -0.39 is 12.2 Å². The number of ether oxygens (including phenoxy) is 2. The Kier molecular flexibility index (Phi) is 2.23. The van der Waals surface area contributed by atoms with Gasteiger partial charge in [-0.15, -0.1) is 0 Å². The van der Waals surface area contributed by atoms with E-state index >= 15 is 0 Å². The number of carbonyl (C=O) groups is 3. The van der Waals surface area contributed by atoms with Crippen LogP contribution in [0.2, 0.25) is 0 Å². The van der Waals surface area contributed by atoms with Crippen molar-refractivity contribution in [3.63, 3.8) is 0 Å². The molecule has 2 aliphatic heterocycles. The van der Waals surface area contributed by atoms with Crippen LogP contribution in [0.3, 0.4) is 0 Å². The van der Waals surface area contributed by atoms with Gasteiger partial charge < -0.3 is 9.47 Å². The zero-order chi connectivity index (χ0) is 10.1. The van der Waals surface area contributed by atoms with Crippen molar-refractivity contribution in [2.75, 3.05) is 0 Å². The van der Waals surface area contributed by atoms with Gasteiger partial charge in [0.05, 0.1) is 0 Å². The van der Waals surface area contributed by atoms with Crippen LogP contribution in [0.5, 0.6) is 0 Å². The van der Waals surface area contributed by atoms with Crippen LogP contribution in [0.4, 0.5) is 0 Å². The summed E-state index contributed by atoms with van der Waals surface area (Å²) in [5, 5.41) is 0. The van der Waals surface area contributed by atoms with Crippen LogP contribution in [-0.4, -0.2) is 29.9 Å². The summed E-state index contributed by atoms with van der Waals surface area (Å²) in [4.78, 5) is 33.1. The highest BCUT2D eigenvalue weighted by molar-refractivity contribution is 5.93. The van der Waals surface area contributed by atoms with Crippen LogP contribution in [0.15, 0.2) is 0 Å². The van der Waals surface area contributed by atoms with Gasteiger partial charge in [0.1, 0.15) is 0 Å². The van der Waals surface area contributed by atoms with Crippen LogP contribution in [0.1, 0.15) is 25.7 Å². The number of cyclic esters (lactones) is 2. The van der Waals surface area contributed by atoms with Gasteiger partial charge in [0.2, 0.25) is 5.78 Å². The average Bonchev–Trinajstić information content (AvgIpc) is 2.73. The van der Waals surface area contributed by atoms with Crippen molar-refractivity contribution in [1.82, 2.24) is 0 Å². The zero-order valence-corrected chi connectivity index (χ0v) is 7.52. The van der Waals surface area contributed by atoms with Gasteiger partial charge in [-0.25, -0.2) is 0 Å². The van der Waals surface area contributed by atoms with E-state index in [0.717, 1.165) is 0 Å². The molecule has 14 heavy (non-hydrogen) atoms. The van der Waals surface area contributed by atoms with Crippen LogP contribution >= 0.6 is 0 Å². The largest absolute Gasteiger partial charge is 0.454 e. The topological polar surface area (TPSA) is 69.7 Å². The number of hydrogen-bond acceptors (Lipinski definition) is 5. The Morgan fingerprint density at radius 1 is 1.00 bits per heavy atom. The molecule has 0 spiro atoms. The maximum Gasteiger partial charge on any atom is 0.306 e. The number of ketones is 1. The van der Waals surface area contributed by atoms with E-state index in [-0.39, 0.29) is 30.6 Å². The zero-order valence-electron chi connectivity index (χ0n) is 7.52. The Bertz CT molecular complexity index is 268. The standard InChI is InChI=1S/C9H10O5/c10-7-3-1-5(13-7)9(12)6-2-4-8(11)14-6/h5-6H,1-4H2. The summed E-state index contributed by atoms with van der Waals surface area (Å²) in [5.41, 5.74) is 0. The molecule has 5 nitrogen and oxygen atoms in total. The molecule has 0 aromatic carbocycles. The van der Waals surface area contributed by atoms with Crippen molar-refractivity contribution in [3.8, 4) is 0 Å². The Labute approximate surface area is 80.4 Å². The lowest BCUT2D eigenvalue weighted by Gasteiger charge is -2.12. The fraction of sp³-hybridized carbons (Fsp3) is 0.667. The number of hydrogen-bond donors (Lipinski definition) is 0. The normalized spacial score (nSPS) is 31.4. The van der Waals surface area contributed by atoms with E-state index in [1.165, 1.54) is 0 Å². The lowest BCUT2D eigenvalue weighted by molar-refractivity contribution is -0.155. The molecule has 0 N–H and O–H groups in total. The minimum atomic E-state index is -0.696. The summed E-state index contributed by atoms with van der Waals surface area (Å²) in [7, 11) is 0. The van der Waals surface area contributed by atoms with Gasteiger partial charge in [-0.3, -0.25) is 14.4 Å². The summed E-state index contributed by atoms with van der Waals surface area (Å²) in [6, 6.07) is 0. The average molecular weight is 198 g/mol. The Balaban J connectivity index is 1.95. The third kappa shape index (κ3) is 1.62. The number of carbonyl (C=O) groups excluding carboxylic acids is 3. The molecule has 2 fully saturated rings. The van der Waals surface area contributed by atoms with E-state index in [1.54, 1.807) is 0 Å². The van der Waals surface area contributed by atoms with Gasteiger partial charge >= 0.3 is 11.9 Å². The molecule has 0 radical (unpaired) electrons. The molecule has 0 amide bonds. The SMILES string of the molecule is O=C1CCC(C(=O)C2CCC(=O)O2)O1. The lowest BCUT2D eigenvalue weighted by Crippen LogP contribution is -2.31. The van der Waals surface area contributed by atoms with E-state index in [4.69, 9.17) is 9.47 Å². The Hall–Kier alpha value is -1.39. The van der Waals surface area contributed by atoms with Crippen molar-refractivity contribution < 1.29 is 23.9 Å². The minimum Gasteiger partial charge on any atom is -0.454 e. The molecule has 2 heterocycles. The first kappa shape index (κ1) is 9.18. The molecule has 5 heteroatoms. The van der Waals surface area contributed by atoms with Crippen LogP contribution in [0, 0.1) is 0 Å². The minimum absolute atomic E-state index is 0.275. The molecular weight excluding hydrogens is 188 g/mol. The molecule has 0 saturated carbocycles. The molecule has 2 unspecified atom stereocenters. The van der Waals surface area contributed by atoms with E-state index in [9.17, 15) is 14.4 Å². The van der Waals surface area contributed by atoms with E-state index in [1.807, 2.05) is 0 Å². The van der Waals surface area contributed by atoms with Crippen LogP contribution in [0.25, 0.3) is 0 Å². The van der Waals surface area contributed by atoms with E-state index in [0.29, 0.717) is 12.8 Å². The van der Waals surface area contributed by atoms with Gasteiger partial charge in [-0.05, 0) is 0 Å². The molecule has 76 valence electrons. The molecule has 2 atom stereocenters. The Morgan fingerprint density at radius 2 is 1.43 bits per heavy atom. The fourth-order valence-electron chi connectivity index (χ4n) is 1.66. The third-order valence-corrected chi connectivity index (χ3v) is 2.40. The van der Waals surface area contributed by atoms with Crippen LogP contribution in [-0.2, 0) is 23.9 Å². The molecule has 0 aromatic rings. The molecule has 0 aliphatic carbocycles. The molecule has 0 bridgehead atoms. The summed E-state index contributed by atoms with van der Waals surface area (Å²) in [6.07, 6.45) is -0.0252. The quantitative estimate of drug-likeness (QED) is 0.582. The summed E-state index contributed by atoms with van der Waals surface area (Å²) < 4.78 is 9.58. The predicted octanol–water partition coefficient (Wildman–Crippen LogP) is -0.0333. The van der Waals surface area contributed by atoms with Crippen LogP contribution < -0.4 is 0 Å². The second-order valence-electron chi connectivity index (χ2n) is 3.44. The Morgan fingerprint density at radius 3 is 1.71 bits per heavy atom. The lowest BCUT2D eigenvalue weighted by atomic mass is 10.1. The van der Waals surface area contributed by atoms with Gasteiger partial charge in [0, 0.05) is 25.7 Å². The van der Waals surface area contributed by atoms with Crippen molar-refractivity contribution >= 4 is 17.7 Å². The van der Waals surface area contributed by atoms with Gasteiger partial charge in [-0.2, -0.15) is 0 Å². The maximum absolute atomic E-state index is 11.6. The molecular formula is C9H10O5. The monoisotopic (exact) mass is 198 g/mol. The summed E-state index contributed by atoms with van der Waals surface area (Å²) >= 11 is 0. The summed E-state index contributed by atoms with van der Waals surface area (Å²) in [5.74, 6) is -0.984. The highest BCUT2D eigenvalue weighted by atomic mass is 16.6.